The van der Waals surface area contributed by atoms with Gasteiger partial charge in [0.2, 0.25) is 0 Å². The molecule has 2 N–H and O–H groups in total. The number of nitrogens with zero attached hydrogens (tertiary/aromatic N) is 1. The lowest BCUT2D eigenvalue weighted by atomic mass is 9.94. The molecule has 0 radical (unpaired) electrons. The van der Waals surface area contributed by atoms with Gasteiger partial charge in [0.1, 0.15) is 24.0 Å². The first-order valence-electron chi connectivity index (χ1n) is 16.0. The SMILES string of the molecule is Cc1c(C)c(S(=O)(=O)CC(=N)CCCC[C@@H](C(=O)O)N(C)C(=O)OCC2c3ccccc3-c3ccccc32)c(C)c2c1OC(C)(C)C2. The summed E-state index contributed by atoms with van der Waals surface area (Å²) in [6.07, 6.45) is 1.06. The van der Waals surface area contributed by atoms with Gasteiger partial charge in [0.05, 0.1) is 10.6 Å². The van der Waals surface area contributed by atoms with E-state index >= 15 is 0 Å². The molecule has 0 unspecified atom stereocenters. The normalized spacial score (nSPS) is 15.3. The van der Waals surface area contributed by atoms with E-state index in [9.17, 15) is 23.1 Å². The number of sulfone groups is 1. The zero-order valence-electron chi connectivity index (χ0n) is 28.0. The van der Waals surface area contributed by atoms with Crippen LogP contribution in [-0.2, 0) is 25.8 Å². The Morgan fingerprint density at radius 2 is 1.60 bits per heavy atom. The summed E-state index contributed by atoms with van der Waals surface area (Å²) in [6.45, 7) is 9.52. The second-order valence-electron chi connectivity index (χ2n) is 13.4. The molecule has 0 fully saturated rings. The van der Waals surface area contributed by atoms with Crippen LogP contribution in [0.5, 0.6) is 5.75 Å². The number of ether oxygens (including phenoxy) is 2. The summed E-state index contributed by atoms with van der Waals surface area (Å²) in [5.74, 6) is -0.934. The number of hydrogen-bond donors (Lipinski definition) is 2. The Bertz CT molecular complexity index is 1800. The van der Waals surface area contributed by atoms with Crippen LogP contribution in [0.2, 0.25) is 0 Å². The highest BCUT2D eigenvalue weighted by atomic mass is 32.2. The average Bonchev–Trinajstić information content (AvgIpc) is 3.52. The summed E-state index contributed by atoms with van der Waals surface area (Å²) in [7, 11) is -2.37. The van der Waals surface area contributed by atoms with Crippen LogP contribution in [0.15, 0.2) is 53.4 Å². The van der Waals surface area contributed by atoms with Crippen molar-refractivity contribution in [3.8, 4) is 16.9 Å². The third kappa shape index (κ3) is 6.79. The minimum atomic E-state index is -3.79. The maximum Gasteiger partial charge on any atom is 0.410 e. The van der Waals surface area contributed by atoms with E-state index in [0.717, 1.165) is 44.0 Å². The van der Waals surface area contributed by atoms with Crippen LogP contribution in [0, 0.1) is 26.2 Å². The van der Waals surface area contributed by atoms with Crippen molar-refractivity contribution in [3.63, 3.8) is 0 Å². The predicted molar refractivity (Wildman–Crippen MR) is 182 cm³/mol. The number of aliphatic carboxylic acids is 1. The molecular weight excluding hydrogens is 616 g/mol. The van der Waals surface area contributed by atoms with Crippen LogP contribution < -0.4 is 4.74 Å². The van der Waals surface area contributed by atoms with Gasteiger partial charge in [-0.3, -0.25) is 4.90 Å². The summed E-state index contributed by atoms with van der Waals surface area (Å²) in [5, 5.41) is 18.4. The number of carboxylic acid groups (broad SMARTS) is 1. The molecule has 3 aromatic rings. The van der Waals surface area contributed by atoms with Crippen molar-refractivity contribution in [1.82, 2.24) is 4.90 Å². The fourth-order valence-corrected chi connectivity index (χ4v) is 9.02. The van der Waals surface area contributed by atoms with Crippen molar-refractivity contribution < 1.29 is 32.6 Å². The fourth-order valence-electron chi connectivity index (χ4n) is 7.07. The quantitative estimate of drug-likeness (QED) is 0.158. The van der Waals surface area contributed by atoms with Gasteiger partial charge in [-0.25, -0.2) is 18.0 Å². The summed E-state index contributed by atoms with van der Waals surface area (Å²) >= 11 is 0. The number of hydrogen-bond acceptors (Lipinski definition) is 7. The van der Waals surface area contributed by atoms with Crippen molar-refractivity contribution in [1.29, 1.82) is 5.41 Å². The molecule has 5 rings (SSSR count). The monoisotopic (exact) mass is 660 g/mol. The smallest absolute Gasteiger partial charge is 0.410 e. The number of carbonyl (C=O) groups is 2. The van der Waals surface area contributed by atoms with E-state index < -0.39 is 39.3 Å². The van der Waals surface area contributed by atoms with E-state index in [1.165, 1.54) is 7.05 Å². The minimum Gasteiger partial charge on any atom is -0.487 e. The third-order valence-corrected chi connectivity index (χ3v) is 11.5. The van der Waals surface area contributed by atoms with Crippen LogP contribution in [0.3, 0.4) is 0 Å². The van der Waals surface area contributed by atoms with Crippen molar-refractivity contribution in [2.75, 3.05) is 19.4 Å². The molecule has 1 atom stereocenters. The van der Waals surface area contributed by atoms with Crippen LogP contribution in [0.1, 0.15) is 78.8 Å². The number of fused-ring (bicyclic) bond motifs is 4. The van der Waals surface area contributed by atoms with E-state index in [-0.39, 0.29) is 36.0 Å². The number of unbranched alkanes of at least 4 members (excludes halogenated alkanes) is 1. The number of likely N-dealkylation sites (N-methyl/N-ethyl adjacent to an activating group) is 1. The van der Waals surface area contributed by atoms with E-state index in [1.807, 2.05) is 76.2 Å². The Morgan fingerprint density at radius 1 is 1.00 bits per heavy atom. The van der Waals surface area contributed by atoms with Crippen LogP contribution in [0.25, 0.3) is 11.1 Å². The van der Waals surface area contributed by atoms with E-state index in [1.54, 1.807) is 6.92 Å². The van der Waals surface area contributed by atoms with Gasteiger partial charge < -0.3 is 20.0 Å². The topological polar surface area (TPSA) is 134 Å². The Labute approximate surface area is 277 Å². The molecule has 0 spiro atoms. The largest absolute Gasteiger partial charge is 0.487 e. The van der Waals surface area contributed by atoms with Gasteiger partial charge in [-0.05, 0) is 92.8 Å². The summed E-state index contributed by atoms with van der Waals surface area (Å²) in [6, 6.07) is 14.9. The molecule has 0 saturated carbocycles. The zero-order valence-corrected chi connectivity index (χ0v) is 28.8. The first-order chi connectivity index (χ1) is 22.1. The second kappa shape index (κ2) is 13.1. The first kappa shape index (κ1) is 34.2. The number of amides is 1. The van der Waals surface area contributed by atoms with Gasteiger partial charge in [0.15, 0.2) is 9.84 Å². The lowest BCUT2D eigenvalue weighted by molar-refractivity contribution is -0.142. The molecule has 1 heterocycles. The lowest BCUT2D eigenvalue weighted by Gasteiger charge is -2.25. The molecule has 10 heteroatoms. The third-order valence-electron chi connectivity index (χ3n) is 9.55. The van der Waals surface area contributed by atoms with Gasteiger partial charge in [0.25, 0.3) is 0 Å². The second-order valence-corrected chi connectivity index (χ2v) is 15.4. The Balaban J connectivity index is 1.15. The highest BCUT2D eigenvalue weighted by Gasteiger charge is 2.37. The molecule has 3 aromatic carbocycles. The number of carboxylic acids is 1. The van der Waals surface area contributed by atoms with E-state index in [2.05, 4.69) is 0 Å². The number of rotatable bonds is 12. The number of nitrogens with one attached hydrogen (secondary N) is 1. The molecule has 1 aliphatic heterocycles. The van der Waals surface area contributed by atoms with Crippen LogP contribution >= 0.6 is 0 Å². The van der Waals surface area contributed by atoms with E-state index in [4.69, 9.17) is 14.9 Å². The van der Waals surface area contributed by atoms with Crippen LogP contribution in [-0.4, -0.2) is 67.2 Å². The zero-order chi connectivity index (χ0) is 34.3. The summed E-state index contributed by atoms with van der Waals surface area (Å²) in [5.41, 5.74) is 7.04. The van der Waals surface area contributed by atoms with Gasteiger partial charge in [-0.2, -0.15) is 0 Å². The first-order valence-corrected chi connectivity index (χ1v) is 17.7. The molecule has 0 aromatic heterocycles. The molecule has 250 valence electrons. The van der Waals surface area contributed by atoms with Gasteiger partial charge in [-0.1, -0.05) is 55.0 Å². The Kier molecular flexibility index (Phi) is 9.55. The molecule has 0 saturated heterocycles. The Hall–Kier alpha value is -4.18. The molecule has 9 nitrogen and oxygen atoms in total. The van der Waals surface area contributed by atoms with Gasteiger partial charge in [0, 0.05) is 30.7 Å². The molecule has 1 aliphatic carbocycles. The number of benzene rings is 3. The average molecular weight is 661 g/mol. The lowest BCUT2D eigenvalue weighted by Crippen LogP contribution is -2.43. The highest BCUT2D eigenvalue weighted by Crippen LogP contribution is 2.45. The standard InChI is InChI=1S/C37H44N2O7S/c1-22-23(2)34(24(3)30-19-37(4,5)46-33(22)30)47(43,44)21-25(38)13-7-12-18-32(35(40)41)39(6)36(42)45-20-31-28-16-10-8-14-26(28)27-15-9-11-17-29(27)31/h8-11,14-17,31-32,38H,7,12-13,18-21H2,1-6H3,(H,40,41)/t32-/m0/s1. The minimum absolute atomic E-state index is 0.0651. The summed E-state index contributed by atoms with van der Waals surface area (Å²) in [4.78, 5) is 26.5. The molecule has 2 aliphatic rings. The summed E-state index contributed by atoms with van der Waals surface area (Å²) < 4.78 is 38.9. The van der Waals surface area contributed by atoms with Crippen molar-refractivity contribution in [2.24, 2.45) is 0 Å². The molecule has 1 amide bonds. The highest BCUT2D eigenvalue weighted by molar-refractivity contribution is 7.92. The van der Waals surface area contributed by atoms with E-state index in [0.29, 0.717) is 30.4 Å². The van der Waals surface area contributed by atoms with Gasteiger partial charge in [-0.15, -0.1) is 0 Å². The molecule has 0 bridgehead atoms. The number of carbonyl (C=O) groups excluding carboxylic acids is 1. The molecule has 47 heavy (non-hydrogen) atoms. The van der Waals surface area contributed by atoms with Crippen molar-refractivity contribution >= 4 is 27.6 Å². The van der Waals surface area contributed by atoms with Crippen LogP contribution in [0.4, 0.5) is 4.79 Å². The van der Waals surface area contributed by atoms with Gasteiger partial charge >= 0.3 is 12.1 Å². The van der Waals surface area contributed by atoms with Crippen molar-refractivity contribution in [3.05, 3.63) is 81.9 Å². The maximum absolute atomic E-state index is 13.6. The maximum atomic E-state index is 13.6. The van der Waals surface area contributed by atoms with Crippen molar-refractivity contribution in [2.45, 2.75) is 89.2 Å². The predicted octanol–water partition coefficient (Wildman–Crippen LogP) is 7.01. The molecular formula is C37H44N2O7S. The fraction of sp³-hybridized carbons (Fsp3) is 0.432. The Morgan fingerprint density at radius 3 is 2.19 bits per heavy atom.